The van der Waals surface area contributed by atoms with Crippen molar-refractivity contribution in [3.63, 3.8) is 0 Å². The number of rotatable bonds is 11. The number of nitrogens with zero attached hydrogens (tertiary/aromatic N) is 4. The van der Waals surface area contributed by atoms with E-state index in [0.29, 0.717) is 11.6 Å². The van der Waals surface area contributed by atoms with Crippen LogP contribution in [0.1, 0.15) is 44.5 Å². The summed E-state index contributed by atoms with van der Waals surface area (Å²) in [6.45, 7) is 0. The van der Waals surface area contributed by atoms with Crippen molar-refractivity contribution >= 4 is 21.5 Å². The Bertz CT molecular complexity index is 7590. The van der Waals surface area contributed by atoms with Gasteiger partial charge in [-0.1, -0.05) is 364 Å². The highest BCUT2D eigenvalue weighted by atomic mass is 16.5. The Morgan fingerprint density at radius 2 is 0.525 bits per heavy atom. The Morgan fingerprint density at radius 1 is 0.167 bits per heavy atom. The van der Waals surface area contributed by atoms with Gasteiger partial charge in [0, 0.05) is 55.6 Å². The molecule has 558 valence electrons. The van der Waals surface area contributed by atoms with E-state index in [9.17, 15) is 0 Å². The fraction of sp³-hybridized carbons (Fsp3) is 0.0175. The normalized spacial score (nSPS) is 13.9. The summed E-state index contributed by atoms with van der Waals surface area (Å²) in [5, 5.41) is 4.82. The first kappa shape index (κ1) is 68.6. The van der Waals surface area contributed by atoms with E-state index in [4.69, 9.17) is 29.4 Å². The summed E-state index contributed by atoms with van der Waals surface area (Å²) in [6, 6.07) is 153. The molecule has 0 saturated heterocycles. The number of benzene rings is 18. The molecule has 120 heavy (non-hydrogen) atoms. The molecule has 2 aromatic heterocycles. The standard InChI is InChI=1S/C114H70N4O2/c1-3-27-71(28-4-1)74-32-25-37-83(65-74)112-116-102(69-105(118-112)92-44-12-10-40-86(92)79-58-61-99-108(67-79)119-106-53-21-19-50-97(106)113(99)94-47-16-13-41-89(94)90-42-14-17-48-95(90)113)81-36-24-34-76(64-81)75-33-23-35-77(63-75)88-46-26-52-101-110(88)93-45-15-18-49-96(93)114(101)98-51-20-22-54-107(98)120-109-68-80(59-62-100(109)114)85-39-9-11-43-91(85)104-70-103(115-111(117-104)73-30-5-2-6-31-73)82-57-60-87-78(66-82)56-55-72-29-7-8-38-84(72)87/h1-70H. The monoisotopic (exact) mass is 1530 g/mol. The molecule has 4 heterocycles. The molecule has 0 radical (unpaired) electrons. The smallest absolute Gasteiger partial charge is 0.160 e. The fourth-order valence-corrected chi connectivity index (χ4v) is 20.0. The predicted octanol–water partition coefficient (Wildman–Crippen LogP) is 28.8. The van der Waals surface area contributed by atoms with Crippen LogP contribution in [0.4, 0.5) is 0 Å². The summed E-state index contributed by atoms with van der Waals surface area (Å²) in [5.41, 5.74) is 32.7. The minimum atomic E-state index is -0.742. The zero-order chi connectivity index (χ0) is 79.0. The number of ether oxygens (including phenoxy) is 2. The van der Waals surface area contributed by atoms with Crippen LogP contribution in [-0.4, -0.2) is 19.9 Å². The number of para-hydroxylation sites is 2. The van der Waals surface area contributed by atoms with Crippen LogP contribution in [0.15, 0.2) is 425 Å². The van der Waals surface area contributed by atoms with Crippen molar-refractivity contribution < 1.29 is 9.47 Å². The molecular weight excluding hydrogens is 1460 g/mol. The van der Waals surface area contributed by atoms with E-state index >= 15 is 0 Å². The topological polar surface area (TPSA) is 70.0 Å². The number of aromatic nitrogens is 4. The number of hydrogen-bond donors (Lipinski definition) is 0. The van der Waals surface area contributed by atoms with Gasteiger partial charge in [-0.15, -0.1) is 0 Å². The van der Waals surface area contributed by atoms with Crippen LogP contribution in [0, 0.1) is 0 Å². The number of fused-ring (bicyclic) bond motifs is 21. The summed E-state index contributed by atoms with van der Waals surface area (Å²) in [7, 11) is 0. The molecular formula is C114H70N4O2. The Kier molecular flexibility index (Phi) is 15.7. The highest BCUT2D eigenvalue weighted by Crippen LogP contribution is 2.66. The fourth-order valence-electron chi connectivity index (χ4n) is 20.0. The maximum atomic E-state index is 7.26. The van der Waals surface area contributed by atoms with Gasteiger partial charge in [0.25, 0.3) is 0 Å². The lowest BCUT2D eigenvalue weighted by Crippen LogP contribution is -2.32. The molecule has 18 aromatic carbocycles. The van der Waals surface area contributed by atoms with E-state index in [1.165, 1.54) is 60.7 Å². The molecule has 0 fully saturated rings. The van der Waals surface area contributed by atoms with Gasteiger partial charge in [-0.2, -0.15) is 0 Å². The van der Waals surface area contributed by atoms with Crippen LogP contribution in [0.2, 0.25) is 0 Å². The lowest BCUT2D eigenvalue weighted by atomic mass is 9.66. The third-order valence-corrected chi connectivity index (χ3v) is 25.3. The second-order valence-electron chi connectivity index (χ2n) is 31.7. The van der Waals surface area contributed by atoms with Gasteiger partial charge in [0.1, 0.15) is 23.0 Å². The van der Waals surface area contributed by atoms with Crippen LogP contribution in [0.3, 0.4) is 0 Å². The third-order valence-electron chi connectivity index (χ3n) is 25.3. The van der Waals surface area contributed by atoms with Gasteiger partial charge in [-0.05, 0) is 182 Å². The molecule has 0 bridgehead atoms. The molecule has 20 aromatic rings. The average molecular weight is 1530 g/mol. The van der Waals surface area contributed by atoms with Crippen LogP contribution < -0.4 is 9.47 Å². The zero-order valence-corrected chi connectivity index (χ0v) is 65.0. The molecule has 6 heteroatoms. The van der Waals surface area contributed by atoms with Gasteiger partial charge in [0.15, 0.2) is 11.6 Å². The first-order chi connectivity index (χ1) is 59.4. The SMILES string of the molecule is c1ccc(-c2cccc(-c3nc(-c4cccc(-c5cccc(-c6cccc7c6-c6ccccc6C76c7ccccc7Oc7cc(-c8ccccc8-c8cc(-c9ccc%10c(ccc%11ccccc%11%10)c9)nc(-c9ccccc9)n8)ccc76)c5)c4)cc(-c4ccccc4-c4ccc5c(c4)Oc4ccccc4C54c5ccccc5-c5ccccc54)n3)c2)cc1. The molecule has 0 amide bonds. The first-order valence-corrected chi connectivity index (χ1v) is 41.0. The maximum absolute atomic E-state index is 7.26. The summed E-state index contributed by atoms with van der Waals surface area (Å²) in [4.78, 5) is 21.9. The van der Waals surface area contributed by atoms with E-state index in [0.717, 1.165) is 162 Å². The Labute approximate surface area is 695 Å². The van der Waals surface area contributed by atoms with Gasteiger partial charge in [-0.25, -0.2) is 19.9 Å². The van der Waals surface area contributed by atoms with Crippen LogP contribution in [0.25, 0.3) is 167 Å². The second kappa shape index (κ2) is 27.5. The molecule has 0 N–H and O–H groups in total. The summed E-state index contributed by atoms with van der Waals surface area (Å²) in [6.07, 6.45) is 0. The van der Waals surface area contributed by atoms with Crippen molar-refractivity contribution in [2.24, 2.45) is 0 Å². The summed E-state index contributed by atoms with van der Waals surface area (Å²) < 4.78 is 14.4. The molecule has 1 atom stereocenters. The first-order valence-electron chi connectivity index (χ1n) is 41.0. The largest absolute Gasteiger partial charge is 0.457 e. The lowest BCUT2D eigenvalue weighted by Gasteiger charge is -2.39. The minimum Gasteiger partial charge on any atom is -0.457 e. The van der Waals surface area contributed by atoms with Gasteiger partial charge < -0.3 is 9.47 Å². The zero-order valence-electron chi connectivity index (χ0n) is 65.0. The third kappa shape index (κ3) is 10.7. The van der Waals surface area contributed by atoms with E-state index in [2.05, 4.69) is 406 Å². The van der Waals surface area contributed by atoms with Gasteiger partial charge in [0.2, 0.25) is 0 Å². The van der Waals surface area contributed by atoms with Crippen LogP contribution in [0.5, 0.6) is 23.0 Å². The number of hydrogen-bond acceptors (Lipinski definition) is 6. The van der Waals surface area contributed by atoms with E-state index in [1.54, 1.807) is 0 Å². The highest BCUT2D eigenvalue weighted by molar-refractivity contribution is 6.09. The Morgan fingerprint density at radius 3 is 1.13 bits per heavy atom. The van der Waals surface area contributed by atoms with Gasteiger partial charge >= 0.3 is 0 Å². The molecule has 2 spiro atoms. The van der Waals surface area contributed by atoms with Gasteiger partial charge in [0.05, 0.1) is 33.6 Å². The van der Waals surface area contributed by atoms with Crippen molar-refractivity contribution in [1.82, 2.24) is 19.9 Å². The molecule has 2 aliphatic heterocycles. The van der Waals surface area contributed by atoms with E-state index < -0.39 is 10.8 Å². The molecule has 6 nitrogen and oxygen atoms in total. The van der Waals surface area contributed by atoms with Crippen molar-refractivity contribution in [2.45, 2.75) is 10.8 Å². The molecule has 0 saturated carbocycles. The Hall–Kier alpha value is -15.8. The Balaban J connectivity index is 0.605. The molecule has 1 unspecified atom stereocenters. The lowest BCUT2D eigenvalue weighted by molar-refractivity contribution is 0.436. The quantitative estimate of drug-likeness (QED) is 0.120. The van der Waals surface area contributed by atoms with Crippen molar-refractivity contribution in [2.75, 3.05) is 0 Å². The van der Waals surface area contributed by atoms with Crippen LogP contribution in [-0.2, 0) is 10.8 Å². The summed E-state index contributed by atoms with van der Waals surface area (Å²) in [5.74, 6) is 4.58. The maximum Gasteiger partial charge on any atom is 0.160 e. The minimum absolute atomic E-state index is 0.580. The van der Waals surface area contributed by atoms with Crippen molar-refractivity contribution in [3.8, 4) is 169 Å². The van der Waals surface area contributed by atoms with E-state index in [-0.39, 0.29) is 0 Å². The van der Waals surface area contributed by atoms with E-state index in [1.807, 2.05) is 18.2 Å². The highest BCUT2D eigenvalue weighted by Gasteiger charge is 2.53. The van der Waals surface area contributed by atoms with Crippen molar-refractivity contribution in [3.05, 3.63) is 469 Å². The van der Waals surface area contributed by atoms with Crippen LogP contribution >= 0.6 is 0 Å². The second-order valence-corrected chi connectivity index (χ2v) is 31.7. The molecule has 24 rings (SSSR count). The molecule has 2 aliphatic carbocycles. The van der Waals surface area contributed by atoms with Crippen molar-refractivity contribution in [1.29, 1.82) is 0 Å². The predicted molar refractivity (Wildman–Crippen MR) is 487 cm³/mol. The average Bonchev–Trinajstić information content (AvgIpc) is 1.53. The molecule has 4 aliphatic rings. The summed E-state index contributed by atoms with van der Waals surface area (Å²) >= 11 is 0. The van der Waals surface area contributed by atoms with Gasteiger partial charge in [-0.3, -0.25) is 0 Å².